The number of nitrogens with two attached hydrogens (primary N) is 1. The highest BCUT2D eigenvalue weighted by Gasteiger charge is 2.54. The Hall–Kier alpha value is -2.64. The molecule has 2 rings (SSSR count). The fourth-order valence-electron chi connectivity index (χ4n) is 4.02. The van der Waals surface area contributed by atoms with Crippen LogP contribution in [-0.4, -0.2) is 46.7 Å². The van der Waals surface area contributed by atoms with Crippen LogP contribution in [-0.2, 0) is 9.59 Å². The maximum atomic E-state index is 12.6. The summed E-state index contributed by atoms with van der Waals surface area (Å²) < 4.78 is 0. The molecule has 3 amide bonds. The third-order valence-corrected chi connectivity index (χ3v) is 5.74. The van der Waals surface area contributed by atoms with E-state index in [4.69, 9.17) is 5.73 Å². The number of carbonyl (C=O) groups excluding carboxylic acids is 2. The molecule has 0 aromatic rings. The summed E-state index contributed by atoms with van der Waals surface area (Å²) in [5.41, 5.74) is 6.30. The molecule has 1 saturated heterocycles. The van der Waals surface area contributed by atoms with Crippen molar-refractivity contribution in [1.29, 1.82) is 0 Å². The number of carboxylic acid groups (broad SMARTS) is 1. The zero-order valence-electron chi connectivity index (χ0n) is 16.6. The summed E-state index contributed by atoms with van der Waals surface area (Å²) in [5, 5.41) is 12.4. The molecular formula is C20H30N4O4. The van der Waals surface area contributed by atoms with Crippen molar-refractivity contribution in [1.82, 2.24) is 10.2 Å². The molecule has 0 spiro atoms. The van der Waals surface area contributed by atoms with E-state index < -0.39 is 29.9 Å². The zero-order valence-corrected chi connectivity index (χ0v) is 16.6. The lowest BCUT2D eigenvalue weighted by Crippen LogP contribution is -2.68. The highest BCUT2D eigenvalue weighted by Crippen LogP contribution is 2.33. The van der Waals surface area contributed by atoms with E-state index in [0.29, 0.717) is 11.5 Å². The second-order valence-corrected chi connectivity index (χ2v) is 7.53. The van der Waals surface area contributed by atoms with Gasteiger partial charge in [0.25, 0.3) is 0 Å². The maximum absolute atomic E-state index is 12.6. The molecule has 154 valence electrons. The summed E-state index contributed by atoms with van der Waals surface area (Å²) in [7, 11) is 0. The first-order chi connectivity index (χ1) is 13.3. The van der Waals surface area contributed by atoms with Gasteiger partial charge in [-0.25, -0.2) is 19.5 Å². The van der Waals surface area contributed by atoms with Gasteiger partial charge in [0, 0.05) is 6.04 Å². The van der Waals surface area contributed by atoms with Crippen molar-refractivity contribution >= 4 is 24.6 Å². The Morgan fingerprint density at radius 3 is 2.57 bits per heavy atom. The number of allylic oxidation sites excluding steroid dienone is 3. The van der Waals surface area contributed by atoms with Crippen LogP contribution in [0.25, 0.3) is 0 Å². The molecule has 0 unspecified atom stereocenters. The third-order valence-electron chi connectivity index (χ3n) is 5.74. The number of nitrogens with zero attached hydrogens (tertiary/aromatic N) is 2. The quantitative estimate of drug-likeness (QED) is 0.350. The molecule has 2 fully saturated rings. The molecule has 0 aromatic heterocycles. The van der Waals surface area contributed by atoms with Gasteiger partial charge in [-0.1, -0.05) is 25.3 Å². The SMILES string of the molecule is C=N/C(N)=C\C(=C/C)C[C@H]1C(=O)N(C(=O)N[C@H](C)C2CCCCC2)[C@@H]1C(=O)O. The Bertz CT molecular complexity index is 694. The van der Waals surface area contributed by atoms with Gasteiger partial charge in [-0.15, -0.1) is 0 Å². The molecule has 1 heterocycles. The number of likely N-dealkylation sites (tertiary alicyclic amines) is 1. The second kappa shape index (κ2) is 9.52. The van der Waals surface area contributed by atoms with E-state index >= 15 is 0 Å². The molecule has 0 aromatic carbocycles. The molecule has 0 bridgehead atoms. The highest BCUT2D eigenvalue weighted by atomic mass is 16.4. The van der Waals surface area contributed by atoms with Crippen LogP contribution in [0.2, 0.25) is 0 Å². The lowest BCUT2D eigenvalue weighted by molar-refractivity contribution is -0.165. The summed E-state index contributed by atoms with van der Waals surface area (Å²) in [4.78, 5) is 41.3. The lowest BCUT2D eigenvalue weighted by atomic mass is 9.82. The van der Waals surface area contributed by atoms with Gasteiger partial charge in [0.1, 0.15) is 5.82 Å². The predicted octanol–water partition coefficient (Wildman–Crippen LogP) is 2.41. The topological polar surface area (TPSA) is 125 Å². The Balaban J connectivity index is 2.05. The monoisotopic (exact) mass is 390 g/mol. The van der Waals surface area contributed by atoms with Crippen molar-refractivity contribution in [3.63, 3.8) is 0 Å². The number of aliphatic imine (C=N–C) groups is 1. The number of rotatable bonds is 7. The third kappa shape index (κ3) is 4.79. The average Bonchev–Trinajstić information content (AvgIpc) is 2.68. The van der Waals surface area contributed by atoms with Gasteiger partial charge in [-0.05, 0) is 57.4 Å². The van der Waals surface area contributed by atoms with Gasteiger partial charge in [0.05, 0.1) is 5.92 Å². The minimum atomic E-state index is -1.20. The van der Waals surface area contributed by atoms with Gasteiger partial charge in [0.2, 0.25) is 5.91 Å². The number of hydrogen-bond acceptors (Lipinski definition) is 5. The van der Waals surface area contributed by atoms with Crippen molar-refractivity contribution in [3.05, 3.63) is 23.5 Å². The van der Waals surface area contributed by atoms with Crippen LogP contribution >= 0.6 is 0 Å². The van der Waals surface area contributed by atoms with E-state index in [1.165, 1.54) is 6.42 Å². The minimum Gasteiger partial charge on any atom is -0.480 e. The number of amides is 3. The van der Waals surface area contributed by atoms with Crippen LogP contribution in [0, 0.1) is 11.8 Å². The number of hydrogen-bond donors (Lipinski definition) is 3. The first-order valence-electron chi connectivity index (χ1n) is 9.75. The molecule has 3 atom stereocenters. The summed E-state index contributed by atoms with van der Waals surface area (Å²) in [6, 6.07) is -1.91. The summed E-state index contributed by atoms with van der Waals surface area (Å²) >= 11 is 0. The summed E-state index contributed by atoms with van der Waals surface area (Å²) in [5.74, 6) is -1.95. The van der Waals surface area contributed by atoms with Crippen molar-refractivity contribution < 1.29 is 19.5 Å². The Labute approximate surface area is 165 Å². The van der Waals surface area contributed by atoms with Gasteiger partial charge in [-0.3, -0.25) is 4.79 Å². The minimum absolute atomic E-state index is 0.0957. The number of urea groups is 1. The van der Waals surface area contributed by atoms with E-state index in [1.807, 2.05) is 6.92 Å². The van der Waals surface area contributed by atoms with Gasteiger partial charge >= 0.3 is 12.0 Å². The lowest BCUT2D eigenvalue weighted by Gasteiger charge is -2.43. The normalized spacial score (nSPS) is 25.1. The molecule has 1 aliphatic heterocycles. The Kier molecular flexibility index (Phi) is 7.37. The average molecular weight is 390 g/mol. The standard InChI is InChI=1S/C20H30N4O4/c1-4-13(11-16(21)22-3)10-15-17(19(26)27)24(18(15)25)20(28)23-12(2)14-8-6-5-7-9-14/h4,11-12,14-15,17H,3,5-10,21H2,1-2H3,(H,23,28)(H,26,27)/b13-4-,16-11-/t12-,15-,17+/m1/s1. The zero-order chi connectivity index (χ0) is 20.8. The number of nitrogens with one attached hydrogen (secondary N) is 1. The highest BCUT2D eigenvalue weighted by molar-refractivity contribution is 6.07. The fourth-order valence-corrected chi connectivity index (χ4v) is 4.02. The van der Waals surface area contributed by atoms with E-state index in [2.05, 4.69) is 17.0 Å². The number of aliphatic carboxylic acids is 1. The van der Waals surface area contributed by atoms with E-state index in [-0.39, 0.29) is 18.3 Å². The molecule has 0 radical (unpaired) electrons. The number of β-lactam (4-membered cyclic amide) rings is 1. The van der Waals surface area contributed by atoms with Crippen LogP contribution in [0.5, 0.6) is 0 Å². The van der Waals surface area contributed by atoms with E-state index in [1.54, 1.807) is 19.1 Å². The van der Waals surface area contributed by atoms with Gasteiger partial charge in [-0.2, -0.15) is 0 Å². The smallest absolute Gasteiger partial charge is 0.327 e. The van der Waals surface area contributed by atoms with Crippen molar-refractivity contribution in [2.75, 3.05) is 0 Å². The van der Waals surface area contributed by atoms with Crippen LogP contribution in [0.3, 0.4) is 0 Å². The number of carbonyl (C=O) groups is 3. The first kappa shape index (κ1) is 21.7. The molecular weight excluding hydrogens is 360 g/mol. The van der Waals surface area contributed by atoms with Gasteiger partial charge in [0.15, 0.2) is 6.04 Å². The number of carboxylic acids is 1. The maximum Gasteiger partial charge on any atom is 0.327 e. The molecule has 8 heteroatoms. The summed E-state index contributed by atoms with van der Waals surface area (Å²) in [6.07, 6.45) is 9.01. The molecule has 8 nitrogen and oxygen atoms in total. The van der Waals surface area contributed by atoms with Crippen LogP contribution in [0.1, 0.15) is 52.4 Å². The first-order valence-corrected chi connectivity index (χ1v) is 9.75. The second-order valence-electron chi connectivity index (χ2n) is 7.53. The van der Waals surface area contributed by atoms with Crippen molar-refractivity contribution in [2.45, 2.75) is 64.5 Å². The van der Waals surface area contributed by atoms with Crippen molar-refractivity contribution in [3.8, 4) is 0 Å². The van der Waals surface area contributed by atoms with Crippen LogP contribution < -0.4 is 11.1 Å². The Morgan fingerprint density at radius 1 is 1.39 bits per heavy atom. The van der Waals surface area contributed by atoms with Gasteiger partial charge < -0.3 is 16.2 Å². The van der Waals surface area contributed by atoms with Crippen molar-refractivity contribution in [2.24, 2.45) is 22.6 Å². The van der Waals surface area contributed by atoms with E-state index in [0.717, 1.165) is 30.6 Å². The number of imide groups is 1. The largest absolute Gasteiger partial charge is 0.480 e. The predicted molar refractivity (Wildman–Crippen MR) is 107 cm³/mol. The molecule has 28 heavy (non-hydrogen) atoms. The molecule has 2 aliphatic rings. The molecule has 4 N–H and O–H groups in total. The fraction of sp³-hybridized carbons (Fsp3) is 0.600. The van der Waals surface area contributed by atoms with Crippen LogP contribution in [0.15, 0.2) is 28.5 Å². The van der Waals surface area contributed by atoms with E-state index in [9.17, 15) is 19.5 Å². The molecule has 1 saturated carbocycles. The molecule has 1 aliphatic carbocycles. The van der Waals surface area contributed by atoms with Crippen LogP contribution in [0.4, 0.5) is 4.79 Å². The Morgan fingerprint density at radius 2 is 2.04 bits per heavy atom. The summed E-state index contributed by atoms with van der Waals surface area (Å²) in [6.45, 7) is 7.01.